The molecule has 2 heteroatoms. The zero-order valence-electron chi connectivity index (χ0n) is 10.1. The molecule has 17 heavy (non-hydrogen) atoms. The molecule has 2 aliphatic carbocycles. The summed E-state index contributed by atoms with van der Waals surface area (Å²) in [6, 6.07) is 5.45. The highest BCUT2D eigenvalue weighted by Crippen LogP contribution is 2.45. The van der Waals surface area contributed by atoms with Gasteiger partial charge in [-0.2, -0.15) is 0 Å². The van der Waals surface area contributed by atoms with Crippen LogP contribution in [0.3, 0.4) is 0 Å². The molecule has 0 radical (unpaired) electrons. The maximum Gasteiger partial charge on any atom is 0.125 e. The van der Waals surface area contributed by atoms with E-state index in [1.54, 1.807) is 19.2 Å². The maximum absolute atomic E-state index is 9.44. The predicted octanol–water partition coefficient (Wildman–Crippen LogP) is 3.16. The lowest BCUT2D eigenvalue weighted by atomic mass is 9.87. The molecule has 0 spiro atoms. The molecule has 1 saturated carbocycles. The fourth-order valence-electron chi connectivity index (χ4n) is 3.31. The van der Waals surface area contributed by atoms with E-state index in [0.29, 0.717) is 0 Å². The molecule has 0 saturated heterocycles. The van der Waals surface area contributed by atoms with Gasteiger partial charge in [-0.15, -0.1) is 0 Å². The van der Waals surface area contributed by atoms with Crippen LogP contribution in [0.15, 0.2) is 30.4 Å². The smallest absolute Gasteiger partial charge is 0.125 e. The summed E-state index contributed by atoms with van der Waals surface area (Å²) in [4.78, 5) is 0. The molecule has 90 valence electrons. The van der Waals surface area contributed by atoms with Gasteiger partial charge in [0.15, 0.2) is 0 Å². The fraction of sp³-hybridized carbons (Fsp3) is 0.467. The van der Waals surface area contributed by atoms with Gasteiger partial charge in [-0.25, -0.2) is 0 Å². The van der Waals surface area contributed by atoms with Crippen molar-refractivity contribution < 1.29 is 9.84 Å². The van der Waals surface area contributed by atoms with Gasteiger partial charge in [0.2, 0.25) is 0 Å². The van der Waals surface area contributed by atoms with Crippen LogP contribution in [0.5, 0.6) is 11.5 Å². The average molecular weight is 230 g/mol. The normalized spacial score (nSPS) is 29.8. The third-order valence-electron chi connectivity index (χ3n) is 4.17. The van der Waals surface area contributed by atoms with E-state index in [0.717, 1.165) is 29.9 Å². The van der Waals surface area contributed by atoms with Crippen LogP contribution in [0.1, 0.15) is 18.4 Å². The van der Waals surface area contributed by atoms with Crippen molar-refractivity contribution in [2.45, 2.75) is 19.3 Å². The highest BCUT2D eigenvalue weighted by atomic mass is 16.5. The second-order valence-corrected chi connectivity index (χ2v) is 5.24. The number of fused-ring (bicyclic) bond motifs is 2. The molecular formula is C15H18O2. The van der Waals surface area contributed by atoms with Gasteiger partial charge >= 0.3 is 0 Å². The summed E-state index contributed by atoms with van der Waals surface area (Å²) >= 11 is 0. The summed E-state index contributed by atoms with van der Waals surface area (Å²) in [5.74, 6) is 3.42. The zero-order chi connectivity index (χ0) is 11.8. The highest BCUT2D eigenvalue weighted by Gasteiger charge is 2.35. The van der Waals surface area contributed by atoms with Crippen LogP contribution >= 0.6 is 0 Å². The van der Waals surface area contributed by atoms with Crippen molar-refractivity contribution in [2.24, 2.45) is 17.8 Å². The minimum atomic E-state index is 0.276. The number of phenolic OH excluding ortho intramolecular Hbond substituents is 1. The number of allylic oxidation sites excluding steroid dienone is 2. The van der Waals surface area contributed by atoms with Crippen LogP contribution in [0.4, 0.5) is 0 Å². The topological polar surface area (TPSA) is 29.5 Å². The second kappa shape index (κ2) is 4.10. The van der Waals surface area contributed by atoms with Crippen molar-refractivity contribution in [3.63, 3.8) is 0 Å². The number of phenols is 1. The Bertz CT molecular complexity index is 450. The van der Waals surface area contributed by atoms with Crippen molar-refractivity contribution in [3.8, 4) is 11.5 Å². The monoisotopic (exact) mass is 230 g/mol. The van der Waals surface area contributed by atoms with Gasteiger partial charge < -0.3 is 9.84 Å². The van der Waals surface area contributed by atoms with E-state index in [2.05, 4.69) is 12.2 Å². The number of hydrogen-bond acceptors (Lipinski definition) is 2. The van der Waals surface area contributed by atoms with Crippen LogP contribution < -0.4 is 4.74 Å². The minimum Gasteiger partial charge on any atom is -0.508 e. The second-order valence-electron chi connectivity index (χ2n) is 5.24. The zero-order valence-corrected chi connectivity index (χ0v) is 10.1. The van der Waals surface area contributed by atoms with Gasteiger partial charge in [-0.1, -0.05) is 18.2 Å². The summed E-state index contributed by atoms with van der Waals surface area (Å²) < 4.78 is 5.34. The molecule has 1 aromatic carbocycles. The molecule has 3 unspecified atom stereocenters. The Balaban J connectivity index is 1.79. The Labute approximate surface area is 102 Å². The lowest BCUT2D eigenvalue weighted by Gasteiger charge is -2.19. The number of aromatic hydroxyl groups is 1. The largest absolute Gasteiger partial charge is 0.508 e. The summed E-state index contributed by atoms with van der Waals surface area (Å²) in [6.45, 7) is 0. The van der Waals surface area contributed by atoms with Crippen LogP contribution in [0.25, 0.3) is 0 Å². The number of rotatable bonds is 3. The Morgan fingerprint density at radius 3 is 2.82 bits per heavy atom. The molecule has 1 N–H and O–H groups in total. The fourth-order valence-corrected chi connectivity index (χ4v) is 3.31. The molecule has 1 aromatic rings. The standard InChI is InChI=1S/C15H18O2/c1-17-15-9-14(16)5-4-12(15)8-13-7-10-2-3-11(13)6-10/h2-5,9-11,13,16H,6-8H2,1H3. The van der Waals surface area contributed by atoms with Gasteiger partial charge in [0, 0.05) is 6.07 Å². The first-order valence-corrected chi connectivity index (χ1v) is 6.30. The van der Waals surface area contributed by atoms with Gasteiger partial charge in [0.25, 0.3) is 0 Å². The summed E-state index contributed by atoms with van der Waals surface area (Å²) in [7, 11) is 1.67. The third-order valence-corrected chi connectivity index (χ3v) is 4.17. The van der Waals surface area contributed by atoms with E-state index in [1.807, 2.05) is 6.07 Å². The molecule has 1 fully saturated rings. The van der Waals surface area contributed by atoms with Crippen molar-refractivity contribution >= 4 is 0 Å². The maximum atomic E-state index is 9.44. The van der Waals surface area contributed by atoms with E-state index in [9.17, 15) is 5.11 Å². The number of methoxy groups -OCH3 is 1. The van der Waals surface area contributed by atoms with Crippen LogP contribution in [0, 0.1) is 17.8 Å². The SMILES string of the molecule is COc1cc(O)ccc1CC1CC2C=CC1C2. The number of ether oxygens (including phenoxy) is 1. The lowest BCUT2D eigenvalue weighted by molar-refractivity contribution is 0.389. The molecule has 3 atom stereocenters. The number of hydrogen-bond donors (Lipinski definition) is 1. The first-order valence-electron chi connectivity index (χ1n) is 6.30. The van der Waals surface area contributed by atoms with E-state index in [4.69, 9.17) is 4.74 Å². The summed E-state index contributed by atoms with van der Waals surface area (Å²) in [6.07, 6.45) is 8.46. The Hall–Kier alpha value is -1.44. The molecule has 2 bridgehead atoms. The lowest BCUT2D eigenvalue weighted by Crippen LogP contribution is -2.10. The van der Waals surface area contributed by atoms with Gasteiger partial charge in [0.1, 0.15) is 11.5 Å². The first-order chi connectivity index (χ1) is 8.26. The van der Waals surface area contributed by atoms with Crippen molar-refractivity contribution in [1.29, 1.82) is 0 Å². The van der Waals surface area contributed by atoms with E-state index in [-0.39, 0.29) is 5.75 Å². The summed E-state index contributed by atoms with van der Waals surface area (Å²) in [5.41, 5.74) is 1.22. The third kappa shape index (κ3) is 1.92. The molecule has 0 aromatic heterocycles. The Kier molecular flexibility index (Phi) is 2.58. The van der Waals surface area contributed by atoms with Crippen LogP contribution in [-0.2, 0) is 6.42 Å². The van der Waals surface area contributed by atoms with E-state index >= 15 is 0 Å². The minimum absolute atomic E-state index is 0.276. The van der Waals surface area contributed by atoms with Crippen LogP contribution in [0.2, 0.25) is 0 Å². The van der Waals surface area contributed by atoms with Crippen molar-refractivity contribution in [3.05, 3.63) is 35.9 Å². The van der Waals surface area contributed by atoms with Crippen LogP contribution in [-0.4, -0.2) is 12.2 Å². The average Bonchev–Trinajstić information content (AvgIpc) is 2.93. The quantitative estimate of drug-likeness (QED) is 0.808. The molecule has 0 aliphatic heterocycles. The molecule has 2 aliphatic rings. The Morgan fingerprint density at radius 2 is 2.18 bits per heavy atom. The molecule has 3 rings (SSSR count). The van der Waals surface area contributed by atoms with E-state index < -0.39 is 0 Å². The van der Waals surface area contributed by atoms with Crippen molar-refractivity contribution in [2.75, 3.05) is 7.11 Å². The Morgan fingerprint density at radius 1 is 1.29 bits per heavy atom. The molecular weight excluding hydrogens is 212 g/mol. The number of benzene rings is 1. The van der Waals surface area contributed by atoms with Gasteiger partial charge in [-0.05, 0) is 48.6 Å². The molecule has 0 heterocycles. The van der Waals surface area contributed by atoms with Gasteiger partial charge in [-0.3, -0.25) is 0 Å². The first kappa shape index (κ1) is 10.7. The predicted molar refractivity (Wildman–Crippen MR) is 67.2 cm³/mol. The molecule has 0 amide bonds. The van der Waals surface area contributed by atoms with E-state index in [1.165, 1.54) is 18.4 Å². The highest BCUT2D eigenvalue weighted by molar-refractivity contribution is 5.40. The summed E-state index contributed by atoms with van der Waals surface area (Å²) in [5, 5.41) is 9.44. The van der Waals surface area contributed by atoms with Gasteiger partial charge in [0.05, 0.1) is 7.11 Å². The molecule has 2 nitrogen and oxygen atoms in total. The van der Waals surface area contributed by atoms with Crippen molar-refractivity contribution in [1.82, 2.24) is 0 Å².